The van der Waals surface area contributed by atoms with Gasteiger partial charge in [0.05, 0.1) is 31.9 Å². The lowest BCUT2D eigenvalue weighted by molar-refractivity contribution is 0.0949. The van der Waals surface area contributed by atoms with Gasteiger partial charge in [-0.15, -0.1) is 0 Å². The van der Waals surface area contributed by atoms with Crippen LogP contribution in [-0.4, -0.2) is 35.6 Å². The van der Waals surface area contributed by atoms with Crippen LogP contribution in [0.4, 0.5) is 0 Å². The van der Waals surface area contributed by atoms with Gasteiger partial charge in [-0.1, -0.05) is 55.5 Å². The van der Waals surface area contributed by atoms with Crippen molar-refractivity contribution in [1.29, 1.82) is 0 Å². The zero-order valence-electron chi connectivity index (χ0n) is 19.8. The fourth-order valence-corrected chi connectivity index (χ4v) is 3.80. The minimum absolute atomic E-state index is 0.127. The lowest BCUT2D eigenvalue weighted by Gasteiger charge is -2.12. The van der Waals surface area contributed by atoms with E-state index >= 15 is 0 Å². The topological polar surface area (TPSA) is 94.8 Å². The molecule has 1 heterocycles. The molecule has 3 aromatic carbocycles. The number of hydrazone groups is 1. The molecule has 0 aliphatic heterocycles. The van der Waals surface area contributed by atoms with E-state index in [2.05, 4.69) is 15.6 Å². The number of hydrogen-bond acceptors (Lipinski definition) is 6. The fourth-order valence-electron chi connectivity index (χ4n) is 3.80. The van der Waals surface area contributed by atoms with Crippen molar-refractivity contribution in [3.8, 4) is 11.5 Å². The van der Waals surface area contributed by atoms with E-state index in [4.69, 9.17) is 9.47 Å². The van der Waals surface area contributed by atoms with E-state index in [1.807, 2.05) is 43.3 Å². The largest absolute Gasteiger partial charge is 0.493 e. The third-order valence-corrected chi connectivity index (χ3v) is 5.60. The number of methoxy groups -OCH3 is 2. The van der Waals surface area contributed by atoms with Crippen LogP contribution in [0.5, 0.6) is 11.5 Å². The normalized spacial score (nSPS) is 11.3. The van der Waals surface area contributed by atoms with Gasteiger partial charge < -0.3 is 9.47 Å². The summed E-state index contributed by atoms with van der Waals surface area (Å²) in [7, 11) is 3.13. The number of benzene rings is 3. The van der Waals surface area contributed by atoms with E-state index in [9.17, 15) is 9.59 Å². The number of nitrogens with zero attached hydrogens (tertiary/aromatic N) is 3. The van der Waals surface area contributed by atoms with Crippen molar-refractivity contribution in [2.75, 3.05) is 14.2 Å². The van der Waals surface area contributed by atoms with Gasteiger partial charge >= 0.3 is 0 Å². The minimum Gasteiger partial charge on any atom is -0.493 e. The van der Waals surface area contributed by atoms with Gasteiger partial charge in [0.2, 0.25) is 0 Å². The Morgan fingerprint density at radius 1 is 0.943 bits per heavy atom. The predicted octanol–water partition coefficient (Wildman–Crippen LogP) is 4.01. The highest BCUT2D eigenvalue weighted by Gasteiger charge is 2.17. The van der Waals surface area contributed by atoms with Gasteiger partial charge in [0, 0.05) is 10.9 Å². The fraction of sp³-hybridized carbons (Fsp3) is 0.185. The predicted molar refractivity (Wildman–Crippen MR) is 135 cm³/mol. The second kappa shape index (κ2) is 10.6. The van der Waals surface area contributed by atoms with E-state index in [0.717, 1.165) is 11.1 Å². The Morgan fingerprint density at radius 2 is 1.63 bits per heavy atom. The first-order valence-corrected chi connectivity index (χ1v) is 11.2. The lowest BCUT2D eigenvalue weighted by atomic mass is 10.1. The molecule has 0 aliphatic carbocycles. The highest BCUT2D eigenvalue weighted by molar-refractivity contribution is 6.06. The first kappa shape index (κ1) is 23.7. The molecular weight excluding hydrogens is 444 g/mol. The number of carbonyl (C=O) groups is 1. The van der Waals surface area contributed by atoms with Gasteiger partial charge in [-0.2, -0.15) is 10.2 Å². The van der Waals surface area contributed by atoms with Gasteiger partial charge in [-0.3, -0.25) is 9.59 Å². The summed E-state index contributed by atoms with van der Waals surface area (Å²) in [6, 6.07) is 21.9. The molecule has 4 rings (SSSR count). The molecule has 0 spiro atoms. The quantitative estimate of drug-likeness (QED) is 0.310. The van der Waals surface area contributed by atoms with Crippen LogP contribution in [0, 0.1) is 0 Å². The molecule has 0 saturated heterocycles. The van der Waals surface area contributed by atoms with Crippen molar-refractivity contribution >= 4 is 22.4 Å². The summed E-state index contributed by atoms with van der Waals surface area (Å²) in [5, 5.41) is 9.66. The van der Waals surface area contributed by atoms with Crippen molar-refractivity contribution in [2.24, 2.45) is 5.10 Å². The minimum atomic E-state index is -0.505. The smallest absolute Gasteiger partial charge is 0.292 e. The number of hydrogen-bond donors (Lipinski definition) is 1. The van der Waals surface area contributed by atoms with Crippen molar-refractivity contribution in [3.05, 3.63) is 100.0 Å². The van der Waals surface area contributed by atoms with Crippen molar-refractivity contribution < 1.29 is 14.3 Å². The molecule has 1 amide bonds. The molecule has 8 nitrogen and oxygen atoms in total. The van der Waals surface area contributed by atoms with Crippen molar-refractivity contribution in [1.82, 2.24) is 15.2 Å². The van der Waals surface area contributed by atoms with Gasteiger partial charge in [-0.25, -0.2) is 10.1 Å². The van der Waals surface area contributed by atoms with Crippen LogP contribution in [0.15, 0.2) is 82.7 Å². The monoisotopic (exact) mass is 470 g/mol. The summed E-state index contributed by atoms with van der Waals surface area (Å²) in [5.41, 5.74) is 4.83. The standard InChI is InChI=1S/C27H26N4O4/c1-4-22(19-14-15-23(34-2)24(16-19)35-3)28-29-26(32)25-20-12-8-9-13-21(20)27(33)31(30-25)17-18-10-6-5-7-11-18/h5-16H,4,17H2,1-3H3,(H,29,32)/b28-22+. The van der Waals surface area contributed by atoms with Crippen LogP contribution < -0.4 is 20.5 Å². The van der Waals surface area contributed by atoms with E-state index < -0.39 is 5.91 Å². The maximum Gasteiger partial charge on any atom is 0.292 e. The number of carbonyl (C=O) groups excluding carboxylic acids is 1. The summed E-state index contributed by atoms with van der Waals surface area (Å²) < 4.78 is 12.0. The van der Waals surface area contributed by atoms with Gasteiger partial charge in [-0.05, 0) is 36.2 Å². The SMILES string of the molecule is CC/C(=N\NC(=O)c1nn(Cc2ccccc2)c(=O)c2ccccc12)c1ccc(OC)c(OC)c1. The molecule has 0 fully saturated rings. The molecule has 1 aromatic heterocycles. The molecule has 8 heteroatoms. The average molecular weight is 471 g/mol. The number of aromatic nitrogens is 2. The van der Waals surface area contributed by atoms with E-state index in [-0.39, 0.29) is 17.8 Å². The number of nitrogens with one attached hydrogen (secondary N) is 1. The third kappa shape index (κ3) is 5.06. The molecule has 178 valence electrons. The Kier molecular flexibility index (Phi) is 7.21. The zero-order chi connectivity index (χ0) is 24.8. The van der Waals surface area contributed by atoms with Crippen LogP contribution >= 0.6 is 0 Å². The van der Waals surface area contributed by atoms with Gasteiger partial charge in [0.25, 0.3) is 11.5 Å². The second-order valence-electron chi connectivity index (χ2n) is 7.77. The highest BCUT2D eigenvalue weighted by atomic mass is 16.5. The first-order valence-electron chi connectivity index (χ1n) is 11.2. The molecule has 0 aliphatic rings. The molecular formula is C27H26N4O4. The third-order valence-electron chi connectivity index (χ3n) is 5.60. The van der Waals surface area contributed by atoms with E-state index in [1.54, 1.807) is 50.6 Å². The van der Waals surface area contributed by atoms with Crippen molar-refractivity contribution in [3.63, 3.8) is 0 Å². The van der Waals surface area contributed by atoms with Gasteiger partial charge in [0.1, 0.15) is 0 Å². The first-order chi connectivity index (χ1) is 17.0. The summed E-state index contributed by atoms with van der Waals surface area (Å²) in [5.74, 6) is 0.666. The maximum absolute atomic E-state index is 13.2. The van der Waals surface area contributed by atoms with E-state index in [1.165, 1.54) is 4.68 Å². The van der Waals surface area contributed by atoms with Crippen LogP contribution in [-0.2, 0) is 6.54 Å². The summed E-state index contributed by atoms with van der Waals surface area (Å²) >= 11 is 0. The Morgan fingerprint density at radius 3 is 2.31 bits per heavy atom. The Balaban J connectivity index is 1.69. The summed E-state index contributed by atoms with van der Waals surface area (Å²) in [4.78, 5) is 26.2. The highest BCUT2D eigenvalue weighted by Crippen LogP contribution is 2.28. The second-order valence-corrected chi connectivity index (χ2v) is 7.77. The Bertz CT molecular complexity index is 1450. The molecule has 1 N–H and O–H groups in total. The Hall–Kier alpha value is -4.46. The van der Waals surface area contributed by atoms with Crippen LogP contribution in [0.1, 0.15) is 35.0 Å². The lowest BCUT2D eigenvalue weighted by Crippen LogP contribution is -2.29. The maximum atomic E-state index is 13.2. The van der Waals surface area contributed by atoms with E-state index in [0.29, 0.717) is 34.4 Å². The molecule has 4 aromatic rings. The molecule has 0 radical (unpaired) electrons. The molecule has 0 unspecified atom stereocenters. The summed E-state index contributed by atoms with van der Waals surface area (Å²) in [6.07, 6.45) is 0.567. The number of fused-ring (bicyclic) bond motifs is 1. The molecule has 0 saturated carbocycles. The average Bonchev–Trinajstić information content (AvgIpc) is 2.91. The Labute approximate surface area is 202 Å². The number of ether oxygens (including phenoxy) is 2. The van der Waals surface area contributed by atoms with Crippen LogP contribution in [0.3, 0.4) is 0 Å². The number of amides is 1. The zero-order valence-corrected chi connectivity index (χ0v) is 19.8. The van der Waals surface area contributed by atoms with Crippen LogP contribution in [0.25, 0.3) is 10.8 Å². The molecule has 0 atom stereocenters. The molecule has 0 bridgehead atoms. The van der Waals surface area contributed by atoms with Gasteiger partial charge in [0.15, 0.2) is 17.2 Å². The van der Waals surface area contributed by atoms with Crippen molar-refractivity contribution in [2.45, 2.75) is 19.9 Å². The number of rotatable bonds is 8. The van der Waals surface area contributed by atoms with Crippen LogP contribution in [0.2, 0.25) is 0 Å². The molecule has 35 heavy (non-hydrogen) atoms. The summed E-state index contributed by atoms with van der Waals surface area (Å²) in [6.45, 7) is 2.19.